The minimum absolute atomic E-state index is 0.182. The lowest BCUT2D eigenvalue weighted by Crippen LogP contribution is -2.28. The highest BCUT2D eigenvalue weighted by atomic mass is 16.1. The normalized spacial score (nSPS) is 13.4. The van der Waals surface area contributed by atoms with Crippen LogP contribution in [0.4, 0.5) is 0 Å². The maximum atomic E-state index is 12.7. The van der Waals surface area contributed by atoms with Crippen molar-refractivity contribution in [3.05, 3.63) is 79.8 Å². The summed E-state index contributed by atoms with van der Waals surface area (Å²) in [6.45, 7) is 0.182. The smallest absolute Gasteiger partial charge is 0.269 e. The molecule has 0 spiro atoms. The number of nitrogens with zero attached hydrogens (tertiary/aromatic N) is 4. The van der Waals surface area contributed by atoms with Gasteiger partial charge in [0, 0.05) is 18.5 Å². The largest absolute Gasteiger partial charge is 0.308 e. The molecule has 0 atom stereocenters. The zero-order valence-electron chi connectivity index (χ0n) is 13.6. The van der Waals surface area contributed by atoms with Gasteiger partial charge in [-0.3, -0.25) is 14.0 Å². The lowest BCUT2D eigenvalue weighted by atomic mass is 9.90. The first-order valence-corrected chi connectivity index (χ1v) is 8.30. The summed E-state index contributed by atoms with van der Waals surface area (Å²) in [6.07, 6.45) is 7.21. The van der Waals surface area contributed by atoms with Crippen molar-refractivity contribution in [3.8, 4) is 6.07 Å². The second-order valence-electron chi connectivity index (χ2n) is 6.27. The van der Waals surface area contributed by atoms with Crippen LogP contribution < -0.4 is 11.1 Å². The summed E-state index contributed by atoms with van der Waals surface area (Å²) < 4.78 is 2.96. The summed E-state index contributed by atoms with van der Waals surface area (Å²) in [4.78, 5) is 29.3. The Morgan fingerprint density at radius 2 is 2.04 bits per heavy atom. The van der Waals surface area contributed by atoms with E-state index in [1.807, 2.05) is 12.3 Å². The molecule has 0 N–H and O–H groups in total. The van der Waals surface area contributed by atoms with E-state index >= 15 is 0 Å². The number of rotatable bonds is 2. The number of hydrogen-bond donors (Lipinski definition) is 0. The first kappa shape index (κ1) is 15.3. The molecule has 3 heterocycles. The summed E-state index contributed by atoms with van der Waals surface area (Å²) >= 11 is 0. The molecule has 1 aliphatic rings. The Hall–Kier alpha value is -3.20. The third-order valence-electron chi connectivity index (χ3n) is 4.67. The van der Waals surface area contributed by atoms with Crippen molar-refractivity contribution in [2.24, 2.45) is 0 Å². The molecule has 25 heavy (non-hydrogen) atoms. The summed E-state index contributed by atoms with van der Waals surface area (Å²) in [5.74, 6) is 0. The van der Waals surface area contributed by atoms with Crippen LogP contribution in [0.15, 0.2) is 46.2 Å². The molecular weight excluding hydrogens is 316 g/mol. The van der Waals surface area contributed by atoms with Crippen LogP contribution in [0.2, 0.25) is 0 Å². The van der Waals surface area contributed by atoms with Crippen molar-refractivity contribution < 1.29 is 0 Å². The predicted octanol–water partition coefficient (Wildman–Crippen LogP) is 1.65. The van der Waals surface area contributed by atoms with E-state index in [4.69, 9.17) is 0 Å². The molecule has 0 saturated heterocycles. The third-order valence-corrected chi connectivity index (χ3v) is 4.67. The van der Waals surface area contributed by atoms with Crippen molar-refractivity contribution in [1.29, 1.82) is 5.26 Å². The highest BCUT2D eigenvalue weighted by Crippen LogP contribution is 2.22. The zero-order chi connectivity index (χ0) is 17.4. The van der Waals surface area contributed by atoms with Crippen LogP contribution in [-0.4, -0.2) is 14.0 Å². The lowest BCUT2D eigenvalue weighted by molar-refractivity contribution is 0.650. The Kier molecular flexibility index (Phi) is 3.69. The zero-order valence-corrected chi connectivity index (χ0v) is 13.6. The molecule has 0 amide bonds. The van der Waals surface area contributed by atoms with E-state index in [2.05, 4.69) is 11.1 Å². The van der Waals surface area contributed by atoms with Gasteiger partial charge in [-0.25, -0.2) is 4.98 Å². The molecule has 0 fully saturated rings. The number of aryl methyl sites for hydroxylation is 1. The molecule has 124 valence electrons. The van der Waals surface area contributed by atoms with Gasteiger partial charge in [0.2, 0.25) is 0 Å². The molecule has 0 aromatic carbocycles. The fraction of sp³-hybridized carbons (Fsp3) is 0.263. The van der Waals surface area contributed by atoms with Crippen molar-refractivity contribution in [3.63, 3.8) is 0 Å². The minimum Gasteiger partial charge on any atom is -0.308 e. The van der Waals surface area contributed by atoms with Crippen LogP contribution >= 0.6 is 0 Å². The molecule has 3 aromatic heterocycles. The number of hydrogen-bond acceptors (Lipinski definition) is 4. The van der Waals surface area contributed by atoms with E-state index in [9.17, 15) is 14.9 Å². The second kappa shape index (κ2) is 6.02. The van der Waals surface area contributed by atoms with Crippen LogP contribution in [-0.2, 0) is 19.4 Å². The molecule has 6 heteroatoms. The van der Waals surface area contributed by atoms with E-state index in [0.29, 0.717) is 11.3 Å². The standard InChI is InChI=1S/C19H16N4O2/c20-10-16-15-6-2-1-5-13(15)11-22(19(16)25)12-14-9-18(24)23-8-4-3-7-17(23)21-14/h3-4,7-9,11H,1-2,5-6,12H2. The summed E-state index contributed by atoms with van der Waals surface area (Å²) in [5, 5.41) is 9.42. The molecule has 4 rings (SSSR count). The van der Waals surface area contributed by atoms with Crippen LogP contribution in [0.25, 0.3) is 5.65 Å². The maximum Gasteiger partial charge on any atom is 0.269 e. The average Bonchev–Trinajstić information content (AvgIpc) is 2.62. The highest BCUT2D eigenvalue weighted by molar-refractivity contribution is 5.42. The molecule has 0 radical (unpaired) electrons. The third kappa shape index (κ3) is 2.64. The van der Waals surface area contributed by atoms with Crippen LogP contribution in [0.1, 0.15) is 35.2 Å². The quantitative estimate of drug-likeness (QED) is 0.715. The van der Waals surface area contributed by atoms with Crippen LogP contribution in [0.5, 0.6) is 0 Å². The van der Waals surface area contributed by atoms with Crippen molar-refractivity contribution in [1.82, 2.24) is 14.0 Å². The van der Waals surface area contributed by atoms with E-state index in [0.717, 1.165) is 36.8 Å². The summed E-state index contributed by atoms with van der Waals surface area (Å²) in [6, 6.07) is 8.83. The molecule has 0 bridgehead atoms. The molecular formula is C19H16N4O2. The number of pyridine rings is 2. The summed E-state index contributed by atoms with van der Waals surface area (Å²) in [7, 11) is 0. The molecule has 3 aromatic rings. The van der Waals surface area contributed by atoms with Gasteiger partial charge in [0.1, 0.15) is 17.3 Å². The Morgan fingerprint density at radius 3 is 2.88 bits per heavy atom. The first-order valence-electron chi connectivity index (χ1n) is 8.30. The van der Waals surface area contributed by atoms with E-state index in [1.165, 1.54) is 15.0 Å². The van der Waals surface area contributed by atoms with Crippen molar-refractivity contribution in [2.75, 3.05) is 0 Å². The Bertz CT molecular complexity index is 1130. The van der Waals surface area contributed by atoms with Gasteiger partial charge in [-0.2, -0.15) is 5.26 Å². The van der Waals surface area contributed by atoms with Gasteiger partial charge in [-0.15, -0.1) is 0 Å². The fourth-order valence-corrected chi connectivity index (χ4v) is 3.47. The molecule has 0 saturated carbocycles. The molecule has 0 unspecified atom stereocenters. The molecule has 1 aliphatic carbocycles. The van der Waals surface area contributed by atoms with Gasteiger partial charge in [0.05, 0.1) is 12.2 Å². The SMILES string of the molecule is N#Cc1c2c(cn(Cc3cc(=O)n4ccccc4n3)c1=O)CCCC2. The van der Waals surface area contributed by atoms with Gasteiger partial charge >= 0.3 is 0 Å². The number of nitriles is 1. The average molecular weight is 332 g/mol. The van der Waals surface area contributed by atoms with Crippen LogP contribution in [0, 0.1) is 11.3 Å². The van der Waals surface area contributed by atoms with E-state index in [-0.39, 0.29) is 23.2 Å². The number of fused-ring (bicyclic) bond motifs is 2. The van der Waals surface area contributed by atoms with Crippen LogP contribution in [0.3, 0.4) is 0 Å². The van der Waals surface area contributed by atoms with Gasteiger partial charge in [-0.05, 0) is 48.9 Å². The number of aromatic nitrogens is 3. The van der Waals surface area contributed by atoms with Crippen molar-refractivity contribution in [2.45, 2.75) is 32.2 Å². The van der Waals surface area contributed by atoms with E-state index < -0.39 is 0 Å². The minimum atomic E-state index is -0.307. The topological polar surface area (TPSA) is 80.2 Å². The van der Waals surface area contributed by atoms with Gasteiger partial charge in [0.25, 0.3) is 11.1 Å². The molecule has 0 aliphatic heterocycles. The Labute approximate surface area is 143 Å². The summed E-state index contributed by atoms with van der Waals surface area (Å²) in [5.41, 5.74) is 2.73. The lowest BCUT2D eigenvalue weighted by Gasteiger charge is -2.18. The van der Waals surface area contributed by atoms with Gasteiger partial charge in [0.15, 0.2) is 0 Å². The Balaban J connectivity index is 1.83. The fourth-order valence-electron chi connectivity index (χ4n) is 3.47. The second-order valence-corrected chi connectivity index (χ2v) is 6.27. The Morgan fingerprint density at radius 1 is 1.20 bits per heavy atom. The van der Waals surface area contributed by atoms with Crippen molar-refractivity contribution >= 4 is 5.65 Å². The maximum absolute atomic E-state index is 12.7. The van der Waals surface area contributed by atoms with Gasteiger partial charge < -0.3 is 4.57 Å². The molecule has 6 nitrogen and oxygen atoms in total. The highest BCUT2D eigenvalue weighted by Gasteiger charge is 2.18. The van der Waals surface area contributed by atoms with E-state index in [1.54, 1.807) is 18.3 Å². The first-order chi connectivity index (χ1) is 12.2. The monoisotopic (exact) mass is 332 g/mol. The predicted molar refractivity (Wildman–Crippen MR) is 92.6 cm³/mol. The van der Waals surface area contributed by atoms with Gasteiger partial charge in [-0.1, -0.05) is 6.07 Å².